The van der Waals surface area contributed by atoms with Gasteiger partial charge in [-0.2, -0.15) is 5.10 Å². The summed E-state index contributed by atoms with van der Waals surface area (Å²) in [5.41, 5.74) is 0.954. The first-order valence-electron chi connectivity index (χ1n) is 4.18. The first-order valence-corrected chi connectivity index (χ1v) is 4.97. The van der Waals surface area contributed by atoms with Gasteiger partial charge >= 0.3 is 0 Å². The Kier molecular flexibility index (Phi) is 3.95. The third kappa shape index (κ3) is 3.03. The Bertz CT molecular complexity index is 337. The number of hydrazone groups is 1. The van der Waals surface area contributed by atoms with E-state index in [2.05, 4.69) is 21.0 Å². The molecule has 0 fully saturated rings. The summed E-state index contributed by atoms with van der Waals surface area (Å²) < 4.78 is 6.21. The van der Waals surface area contributed by atoms with Gasteiger partial charge in [0, 0.05) is 24.1 Å². The largest absolute Gasteiger partial charge is 0.496 e. The van der Waals surface area contributed by atoms with E-state index >= 15 is 0 Å². The fourth-order valence-electron chi connectivity index (χ4n) is 0.984. The number of hydrogen-bond acceptors (Lipinski definition) is 3. The molecule has 1 aromatic rings. The Morgan fingerprint density at radius 3 is 2.71 bits per heavy atom. The minimum Gasteiger partial charge on any atom is -0.496 e. The zero-order valence-electron chi connectivity index (χ0n) is 8.49. The van der Waals surface area contributed by atoms with Crippen LogP contribution in [0.2, 0.25) is 0 Å². The van der Waals surface area contributed by atoms with Gasteiger partial charge in [0.2, 0.25) is 0 Å². The summed E-state index contributed by atoms with van der Waals surface area (Å²) in [4.78, 5) is 0. The molecule has 0 radical (unpaired) electrons. The number of nitrogens with zero attached hydrogens (tertiary/aromatic N) is 2. The van der Waals surface area contributed by atoms with Gasteiger partial charge in [-0.1, -0.05) is 15.9 Å². The molecule has 14 heavy (non-hydrogen) atoms. The standard InChI is InChI=1S/C10H13BrN2O/c1-13(2)12-7-8-6-9(11)4-5-10(8)14-3/h4-7H,1-3H3/b12-7+. The van der Waals surface area contributed by atoms with Gasteiger partial charge in [0.05, 0.1) is 13.3 Å². The highest BCUT2D eigenvalue weighted by atomic mass is 79.9. The quantitative estimate of drug-likeness (QED) is 0.613. The molecule has 0 aromatic heterocycles. The number of ether oxygens (including phenoxy) is 1. The van der Waals surface area contributed by atoms with Crippen molar-refractivity contribution in [2.24, 2.45) is 5.10 Å². The van der Waals surface area contributed by atoms with E-state index in [9.17, 15) is 0 Å². The molecule has 3 nitrogen and oxygen atoms in total. The van der Waals surface area contributed by atoms with Gasteiger partial charge in [0.15, 0.2) is 0 Å². The molecule has 4 heteroatoms. The zero-order valence-corrected chi connectivity index (χ0v) is 10.1. The third-order valence-electron chi connectivity index (χ3n) is 1.62. The van der Waals surface area contributed by atoms with Crippen molar-refractivity contribution in [3.63, 3.8) is 0 Å². The van der Waals surface area contributed by atoms with Crippen molar-refractivity contribution < 1.29 is 4.74 Å². The van der Waals surface area contributed by atoms with E-state index < -0.39 is 0 Å². The number of hydrogen-bond donors (Lipinski definition) is 0. The number of benzene rings is 1. The highest BCUT2D eigenvalue weighted by Crippen LogP contribution is 2.21. The summed E-state index contributed by atoms with van der Waals surface area (Å²) in [6, 6.07) is 5.80. The van der Waals surface area contributed by atoms with Crippen LogP contribution in [0.1, 0.15) is 5.56 Å². The first kappa shape index (κ1) is 11.0. The third-order valence-corrected chi connectivity index (χ3v) is 2.11. The predicted molar refractivity (Wildman–Crippen MR) is 62.0 cm³/mol. The second-order valence-corrected chi connectivity index (χ2v) is 3.89. The molecule has 76 valence electrons. The van der Waals surface area contributed by atoms with Gasteiger partial charge in [-0.15, -0.1) is 0 Å². The summed E-state index contributed by atoms with van der Waals surface area (Å²) in [5, 5.41) is 5.89. The maximum absolute atomic E-state index is 5.20. The van der Waals surface area contributed by atoms with Crippen molar-refractivity contribution in [3.05, 3.63) is 28.2 Å². The lowest BCUT2D eigenvalue weighted by Crippen LogP contribution is -2.02. The van der Waals surface area contributed by atoms with Crippen LogP contribution in [0.15, 0.2) is 27.8 Å². The van der Waals surface area contributed by atoms with E-state index in [0.717, 1.165) is 15.8 Å². The van der Waals surface area contributed by atoms with Gasteiger partial charge in [0.1, 0.15) is 5.75 Å². The van der Waals surface area contributed by atoms with Crippen LogP contribution in [-0.2, 0) is 0 Å². The lowest BCUT2D eigenvalue weighted by atomic mass is 10.2. The molecule has 0 heterocycles. The van der Waals surface area contributed by atoms with E-state index in [0.29, 0.717) is 0 Å². The van der Waals surface area contributed by atoms with E-state index in [1.54, 1.807) is 18.3 Å². The fourth-order valence-corrected chi connectivity index (χ4v) is 1.36. The molecule has 0 aliphatic heterocycles. The molecule has 0 amide bonds. The molecule has 0 atom stereocenters. The van der Waals surface area contributed by atoms with Gasteiger partial charge in [0.25, 0.3) is 0 Å². The Balaban J connectivity index is 2.99. The molecular weight excluding hydrogens is 244 g/mol. The predicted octanol–water partition coefficient (Wildman–Crippen LogP) is 2.35. The summed E-state index contributed by atoms with van der Waals surface area (Å²) in [6.07, 6.45) is 1.77. The average Bonchev–Trinajstić information content (AvgIpc) is 2.15. The topological polar surface area (TPSA) is 24.8 Å². The number of halogens is 1. The van der Waals surface area contributed by atoms with Crippen molar-refractivity contribution in [1.29, 1.82) is 0 Å². The fraction of sp³-hybridized carbons (Fsp3) is 0.300. The van der Waals surface area contributed by atoms with Crippen LogP contribution in [0.4, 0.5) is 0 Å². The van der Waals surface area contributed by atoms with Gasteiger partial charge in [-0.3, -0.25) is 0 Å². The Labute approximate surface area is 92.5 Å². The maximum atomic E-state index is 5.20. The smallest absolute Gasteiger partial charge is 0.127 e. The molecular formula is C10H13BrN2O. The summed E-state index contributed by atoms with van der Waals surface area (Å²) in [5.74, 6) is 0.818. The molecule has 0 bridgehead atoms. The molecule has 0 saturated carbocycles. The molecule has 0 saturated heterocycles. The van der Waals surface area contributed by atoms with Crippen LogP contribution < -0.4 is 4.74 Å². The lowest BCUT2D eigenvalue weighted by Gasteiger charge is -2.06. The van der Waals surface area contributed by atoms with Crippen LogP contribution >= 0.6 is 15.9 Å². The molecule has 1 rings (SSSR count). The Hall–Kier alpha value is -1.03. The molecule has 0 spiro atoms. The van der Waals surface area contributed by atoms with E-state index in [1.165, 1.54) is 0 Å². The van der Waals surface area contributed by atoms with Crippen LogP contribution in [0.5, 0.6) is 5.75 Å². The SMILES string of the molecule is COc1ccc(Br)cc1/C=N/N(C)C. The van der Waals surface area contributed by atoms with Crippen LogP contribution in [0.3, 0.4) is 0 Å². The Morgan fingerprint density at radius 1 is 1.43 bits per heavy atom. The number of rotatable bonds is 3. The highest BCUT2D eigenvalue weighted by Gasteiger charge is 2.00. The normalized spacial score (nSPS) is 10.6. The van der Waals surface area contributed by atoms with Crippen LogP contribution in [0, 0.1) is 0 Å². The molecule has 0 aliphatic carbocycles. The van der Waals surface area contributed by atoms with Gasteiger partial charge in [-0.05, 0) is 18.2 Å². The van der Waals surface area contributed by atoms with Crippen molar-refractivity contribution >= 4 is 22.1 Å². The van der Waals surface area contributed by atoms with E-state index in [1.807, 2.05) is 32.3 Å². The monoisotopic (exact) mass is 256 g/mol. The van der Waals surface area contributed by atoms with Crippen molar-refractivity contribution in [3.8, 4) is 5.75 Å². The maximum Gasteiger partial charge on any atom is 0.127 e. The van der Waals surface area contributed by atoms with Gasteiger partial charge in [-0.25, -0.2) is 0 Å². The van der Waals surface area contributed by atoms with Crippen LogP contribution in [0.25, 0.3) is 0 Å². The van der Waals surface area contributed by atoms with E-state index in [4.69, 9.17) is 4.74 Å². The van der Waals surface area contributed by atoms with Crippen molar-refractivity contribution in [2.75, 3.05) is 21.2 Å². The minimum atomic E-state index is 0.818. The van der Waals surface area contributed by atoms with Crippen LogP contribution in [-0.4, -0.2) is 32.4 Å². The average molecular weight is 257 g/mol. The molecule has 1 aromatic carbocycles. The second-order valence-electron chi connectivity index (χ2n) is 2.98. The minimum absolute atomic E-state index is 0.818. The summed E-state index contributed by atoms with van der Waals surface area (Å²) >= 11 is 3.40. The summed E-state index contributed by atoms with van der Waals surface area (Å²) in [6.45, 7) is 0. The summed E-state index contributed by atoms with van der Waals surface area (Å²) in [7, 11) is 5.40. The first-order chi connectivity index (χ1) is 6.63. The second kappa shape index (κ2) is 5.00. The molecule has 0 unspecified atom stereocenters. The molecule has 0 aliphatic rings. The highest BCUT2D eigenvalue weighted by molar-refractivity contribution is 9.10. The Morgan fingerprint density at radius 2 is 2.14 bits per heavy atom. The van der Waals surface area contributed by atoms with Gasteiger partial charge < -0.3 is 9.75 Å². The lowest BCUT2D eigenvalue weighted by molar-refractivity contribution is 0.413. The van der Waals surface area contributed by atoms with E-state index in [-0.39, 0.29) is 0 Å². The zero-order chi connectivity index (χ0) is 10.6. The molecule has 0 N–H and O–H groups in total. The number of methoxy groups -OCH3 is 1. The van der Waals surface area contributed by atoms with Crippen molar-refractivity contribution in [2.45, 2.75) is 0 Å². The van der Waals surface area contributed by atoms with Crippen molar-refractivity contribution in [1.82, 2.24) is 5.01 Å².